The van der Waals surface area contributed by atoms with Crippen LogP contribution in [0, 0.1) is 20.8 Å². The van der Waals surface area contributed by atoms with Crippen LogP contribution in [0.2, 0.25) is 0 Å². The van der Waals surface area contributed by atoms with Gasteiger partial charge >= 0.3 is 0 Å². The fourth-order valence-corrected chi connectivity index (χ4v) is 4.80. The number of rotatable bonds is 3. The van der Waals surface area contributed by atoms with Gasteiger partial charge in [0.1, 0.15) is 7.05 Å². The van der Waals surface area contributed by atoms with E-state index in [1.54, 1.807) is 0 Å². The number of pyridine rings is 1. The lowest BCUT2D eigenvalue weighted by Crippen LogP contribution is -2.35. The molecule has 0 atom stereocenters. The normalized spacial score (nSPS) is 15.6. The summed E-state index contributed by atoms with van der Waals surface area (Å²) in [6.07, 6.45) is 5.26. The molecule has 0 amide bonds. The van der Waals surface area contributed by atoms with Crippen LogP contribution in [0.25, 0.3) is 22.0 Å². The summed E-state index contributed by atoms with van der Waals surface area (Å²) in [5, 5.41) is 2.31. The van der Waals surface area contributed by atoms with Gasteiger partial charge < -0.3 is 0 Å². The van der Waals surface area contributed by atoms with Crippen molar-refractivity contribution in [3.05, 3.63) is 64.3 Å². The minimum atomic E-state index is 0.495. The highest BCUT2D eigenvalue weighted by Crippen LogP contribution is 2.37. The van der Waals surface area contributed by atoms with E-state index in [9.17, 15) is 0 Å². The maximum Gasteiger partial charge on any atom is 0.220 e. The van der Waals surface area contributed by atoms with Gasteiger partial charge in [-0.2, -0.15) is 4.57 Å². The van der Waals surface area contributed by atoms with E-state index in [4.69, 9.17) is 1.37 Å². The summed E-state index contributed by atoms with van der Waals surface area (Å²) in [7, 11) is 2.11. The third kappa shape index (κ3) is 3.26. The molecule has 4 rings (SSSR count). The molecule has 0 bridgehead atoms. The predicted molar refractivity (Wildman–Crippen MR) is 120 cm³/mol. The number of aromatic nitrogens is 1. The third-order valence-electron chi connectivity index (χ3n) is 6.89. The number of hydrogen-bond acceptors (Lipinski definition) is 0. The Morgan fingerprint density at radius 1 is 1.04 bits per heavy atom. The van der Waals surface area contributed by atoms with Crippen LogP contribution in [0.3, 0.4) is 0 Å². The highest BCUT2D eigenvalue weighted by Gasteiger charge is 2.23. The van der Waals surface area contributed by atoms with E-state index in [2.05, 4.69) is 76.6 Å². The van der Waals surface area contributed by atoms with Gasteiger partial charge in [-0.05, 0) is 78.3 Å². The van der Waals surface area contributed by atoms with Crippen molar-refractivity contribution in [1.29, 1.82) is 0 Å². The zero-order valence-electron chi connectivity index (χ0n) is 19.3. The Labute approximate surface area is 171 Å². The van der Waals surface area contributed by atoms with Crippen LogP contribution in [-0.2, 0) is 7.05 Å². The van der Waals surface area contributed by atoms with Crippen LogP contribution < -0.4 is 4.57 Å². The van der Waals surface area contributed by atoms with Gasteiger partial charge in [0.15, 0.2) is 5.69 Å². The molecule has 28 heavy (non-hydrogen) atoms. The van der Waals surface area contributed by atoms with Crippen molar-refractivity contribution in [2.24, 2.45) is 7.05 Å². The molecule has 1 aliphatic rings. The van der Waals surface area contributed by atoms with Crippen LogP contribution in [0.1, 0.15) is 80.7 Å². The highest BCUT2D eigenvalue weighted by atomic mass is 14.9. The summed E-state index contributed by atoms with van der Waals surface area (Å²) < 4.78 is 11.1. The second-order valence-corrected chi connectivity index (χ2v) is 9.07. The van der Waals surface area contributed by atoms with Crippen molar-refractivity contribution in [1.82, 2.24) is 0 Å². The molecule has 0 aliphatic heterocycles. The van der Waals surface area contributed by atoms with Gasteiger partial charge in [0, 0.05) is 13.0 Å². The van der Waals surface area contributed by atoms with E-state index in [0.717, 1.165) is 11.1 Å². The molecular formula is C27H34N+. The van der Waals surface area contributed by atoms with E-state index < -0.39 is 0 Å². The molecule has 0 saturated heterocycles. The Morgan fingerprint density at radius 3 is 2.43 bits per heavy atom. The smallest absolute Gasteiger partial charge is 0.198 e. The molecule has 1 saturated carbocycles. The van der Waals surface area contributed by atoms with Crippen molar-refractivity contribution >= 4 is 10.8 Å². The van der Waals surface area contributed by atoms with Crippen LogP contribution in [0.5, 0.6) is 0 Å². The topological polar surface area (TPSA) is 3.88 Å². The Kier molecular flexibility index (Phi) is 4.70. The molecule has 146 valence electrons. The predicted octanol–water partition coefficient (Wildman–Crippen LogP) is 7.04. The Morgan fingerprint density at radius 2 is 1.75 bits per heavy atom. The Balaban J connectivity index is 2.02. The first-order valence-corrected chi connectivity index (χ1v) is 10.8. The van der Waals surface area contributed by atoms with Gasteiger partial charge in [0.2, 0.25) is 5.69 Å². The van der Waals surface area contributed by atoms with Crippen molar-refractivity contribution < 1.29 is 5.94 Å². The fourth-order valence-electron chi connectivity index (χ4n) is 4.80. The number of aryl methyl sites for hydroxylation is 1. The highest BCUT2D eigenvalue weighted by molar-refractivity contribution is 5.94. The minimum Gasteiger partial charge on any atom is -0.198 e. The van der Waals surface area contributed by atoms with Crippen LogP contribution >= 0.6 is 0 Å². The van der Waals surface area contributed by atoms with E-state index in [1.807, 2.05) is 0 Å². The zero-order valence-corrected chi connectivity index (χ0v) is 18.3. The summed E-state index contributed by atoms with van der Waals surface area (Å²) >= 11 is 0. The first kappa shape index (κ1) is 17.9. The summed E-state index contributed by atoms with van der Waals surface area (Å²) in [6.45, 7) is 11.1. The molecule has 3 aromatic rings. The monoisotopic (exact) mass is 373 g/mol. The zero-order chi connectivity index (χ0) is 20.9. The van der Waals surface area contributed by atoms with Gasteiger partial charge in [-0.25, -0.2) is 0 Å². The molecule has 0 spiro atoms. The summed E-state index contributed by atoms with van der Waals surface area (Å²) in [6, 6.07) is 12.3. The number of nitrogens with zero attached hydrogens (tertiary/aromatic N) is 1. The largest absolute Gasteiger partial charge is 0.220 e. The standard InChI is InChI=1S/C27H34N/c1-17(2)23-13-18(3)20(5)26(16-23)27-25-12-11-22(21-9-7-8-10-21)15-24(25)14-19(4)28(27)6/h11-17,21H,7-10H2,1-6H3/q+1/i14D. The maximum absolute atomic E-state index is 8.84. The average molecular weight is 374 g/mol. The van der Waals surface area contributed by atoms with E-state index in [-0.39, 0.29) is 0 Å². The number of fused-ring (bicyclic) bond motifs is 1. The van der Waals surface area contributed by atoms with Crippen molar-refractivity contribution in [2.75, 3.05) is 0 Å². The summed E-state index contributed by atoms with van der Waals surface area (Å²) in [4.78, 5) is 0. The molecule has 1 fully saturated rings. The molecule has 0 N–H and O–H groups in total. The van der Waals surface area contributed by atoms with Crippen molar-refractivity contribution in [3.63, 3.8) is 0 Å². The molecule has 1 aromatic heterocycles. The second kappa shape index (κ2) is 7.35. The van der Waals surface area contributed by atoms with Crippen molar-refractivity contribution in [3.8, 4) is 11.3 Å². The molecular weight excluding hydrogens is 338 g/mol. The second-order valence-electron chi connectivity index (χ2n) is 9.07. The Bertz CT molecular complexity index is 1090. The van der Waals surface area contributed by atoms with Gasteiger partial charge in [0.05, 0.1) is 12.3 Å². The molecule has 2 aromatic carbocycles. The van der Waals surface area contributed by atoms with Crippen LogP contribution in [0.15, 0.2) is 36.4 Å². The van der Waals surface area contributed by atoms with Gasteiger partial charge in [-0.15, -0.1) is 0 Å². The van der Waals surface area contributed by atoms with Gasteiger partial charge in [-0.1, -0.05) is 44.9 Å². The number of benzene rings is 2. The SMILES string of the molecule is [2H]c1c(C)[n+](C)c(-c2cc(C(C)C)cc(C)c2C)c2ccc(C3CCCC3)cc12. The molecule has 1 heterocycles. The van der Waals surface area contributed by atoms with Gasteiger partial charge in [-0.3, -0.25) is 0 Å². The lowest BCUT2D eigenvalue weighted by atomic mass is 9.89. The van der Waals surface area contributed by atoms with Crippen molar-refractivity contribution in [2.45, 2.75) is 72.1 Å². The quantitative estimate of drug-likeness (QED) is 0.434. The third-order valence-corrected chi connectivity index (χ3v) is 6.89. The first-order valence-electron chi connectivity index (χ1n) is 11.3. The van der Waals surface area contributed by atoms with Gasteiger partial charge in [0.25, 0.3) is 0 Å². The van der Waals surface area contributed by atoms with Crippen LogP contribution in [-0.4, -0.2) is 0 Å². The number of hydrogen-bond donors (Lipinski definition) is 0. The summed E-state index contributed by atoms with van der Waals surface area (Å²) in [5.41, 5.74) is 9.06. The lowest BCUT2D eigenvalue weighted by Gasteiger charge is -2.16. The van der Waals surface area contributed by atoms with Crippen LogP contribution in [0.4, 0.5) is 0 Å². The lowest BCUT2D eigenvalue weighted by molar-refractivity contribution is -0.665. The first-order chi connectivity index (χ1) is 13.8. The van der Waals surface area contributed by atoms with E-state index in [1.165, 1.54) is 64.6 Å². The Hall–Kier alpha value is -2.15. The molecule has 1 aliphatic carbocycles. The fraction of sp³-hybridized carbons (Fsp3) is 0.444. The molecule has 1 nitrogen and oxygen atoms in total. The van der Waals surface area contributed by atoms with E-state index in [0.29, 0.717) is 17.9 Å². The maximum atomic E-state index is 8.84. The molecule has 0 unspecified atom stereocenters. The summed E-state index contributed by atoms with van der Waals surface area (Å²) in [5.74, 6) is 1.17. The van der Waals surface area contributed by atoms with E-state index >= 15 is 0 Å². The average Bonchev–Trinajstić information content (AvgIpc) is 3.24. The molecule has 1 heteroatoms. The minimum absolute atomic E-state index is 0.495. The molecule has 0 radical (unpaired) electrons.